The summed E-state index contributed by atoms with van der Waals surface area (Å²) in [5, 5.41) is 8.59. The number of hydrogen-bond acceptors (Lipinski definition) is 1. The Morgan fingerprint density at radius 3 is 2.54 bits per heavy atom. The summed E-state index contributed by atoms with van der Waals surface area (Å²) in [5.74, 6) is 0. The molecule has 0 saturated heterocycles. The van der Waals surface area contributed by atoms with E-state index >= 15 is 0 Å². The molecular weight excluding hydrogens is 228 g/mol. The highest BCUT2D eigenvalue weighted by molar-refractivity contribution is 9.10. The normalized spacial score (nSPS) is 8.62. The van der Waals surface area contributed by atoms with E-state index in [1.807, 2.05) is 12.1 Å². The standard InChI is InChI=1S/C9H11BrO.C2H2/c10-9-5-1-3-8(7-9)4-2-6-11;1-2/h1,3,5,7,11H,2,4,6H2;1-2H. The molecule has 1 aromatic rings. The van der Waals surface area contributed by atoms with Gasteiger partial charge in [-0.25, -0.2) is 0 Å². The lowest BCUT2D eigenvalue weighted by Gasteiger charge is -1.98. The van der Waals surface area contributed by atoms with E-state index in [1.165, 1.54) is 5.56 Å². The van der Waals surface area contributed by atoms with Gasteiger partial charge in [0.25, 0.3) is 0 Å². The van der Waals surface area contributed by atoms with Crippen molar-refractivity contribution in [3.63, 3.8) is 0 Å². The van der Waals surface area contributed by atoms with Crippen molar-refractivity contribution in [3.05, 3.63) is 34.3 Å². The largest absolute Gasteiger partial charge is 0.396 e. The number of aliphatic hydroxyl groups excluding tert-OH is 1. The van der Waals surface area contributed by atoms with E-state index in [0.717, 1.165) is 17.3 Å². The van der Waals surface area contributed by atoms with Crippen LogP contribution in [-0.4, -0.2) is 11.7 Å². The zero-order valence-electron chi connectivity index (χ0n) is 7.41. The highest BCUT2D eigenvalue weighted by Crippen LogP contribution is 2.12. The lowest BCUT2D eigenvalue weighted by molar-refractivity contribution is 0.288. The van der Waals surface area contributed by atoms with Crippen molar-refractivity contribution in [2.75, 3.05) is 6.61 Å². The van der Waals surface area contributed by atoms with Crippen LogP contribution in [0.1, 0.15) is 12.0 Å². The zero-order chi connectivity index (χ0) is 10.1. The first-order valence-electron chi connectivity index (χ1n) is 4.01. The van der Waals surface area contributed by atoms with E-state index in [2.05, 4.69) is 40.9 Å². The van der Waals surface area contributed by atoms with E-state index in [9.17, 15) is 0 Å². The number of aryl methyl sites for hydroxylation is 1. The molecule has 0 heterocycles. The Labute approximate surface area is 87.9 Å². The lowest BCUT2D eigenvalue weighted by Crippen LogP contribution is -1.88. The molecule has 0 radical (unpaired) electrons. The van der Waals surface area contributed by atoms with Gasteiger partial charge in [-0.1, -0.05) is 28.1 Å². The third-order valence-corrected chi connectivity index (χ3v) is 2.01. The second-order valence-electron chi connectivity index (χ2n) is 2.46. The van der Waals surface area contributed by atoms with Crippen LogP contribution in [0.15, 0.2) is 28.7 Å². The van der Waals surface area contributed by atoms with Crippen molar-refractivity contribution < 1.29 is 5.11 Å². The van der Waals surface area contributed by atoms with E-state index in [1.54, 1.807) is 0 Å². The van der Waals surface area contributed by atoms with E-state index in [-0.39, 0.29) is 6.61 Å². The predicted octanol–water partition coefficient (Wildman–Crippen LogP) is 2.62. The summed E-state index contributed by atoms with van der Waals surface area (Å²) in [6.45, 7) is 0.270. The molecule has 0 bridgehead atoms. The number of terminal acetylenes is 1. The summed E-state index contributed by atoms with van der Waals surface area (Å²) in [4.78, 5) is 0. The van der Waals surface area contributed by atoms with Gasteiger partial charge in [0.1, 0.15) is 0 Å². The van der Waals surface area contributed by atoms with Gasteiger partial charge < -0.3 is 5.11 Å². The first-order chi connectivity index (χ1) is 6.33. The molecule has 2 heteroatoms. The minimum absolute atomic E-state index is 0.270. The predicted molar refractivity (Wildman–Crippen MR) is 59.4 cm³/mol. The van der Waals surface area contributed by atoms with Crippen molar-refractivity contribution in [1.82, 2.24) is 0 Å². The molecule has 1 rings (SSSR count). The highest BCUT2D eigenvalue weighted by atomic mass is 79.9. The molecule has 1 nitrogen and oxygen atoms in total. The molecule has 0 saturated carbocycles. The van der Waals surface area contributed by atoms with Crippen molar-refractivity contribution in [3.8, 4) is 12.8 Å². The maximum Gasteiger partial charge on any atom is 0.0434 e. The number of rotatable bonds is 3. The fourth-order valence-electron chi connectivity index (χ4n) is 0.976. The van der Waals surface area contributed by atoms with Crippen LogP contribution in [0.25, 0.3) is 0 Å². The molecule has 0 atom stereocenters. The van der Waals surface area contributed by atoms with Crippen LogP contribution in [0, 0.1) is 12.8 Å². The van der Waals surface area contributed by atoms with Gasteiger partial charge in [-0.15, -0.1) is 12.8 Å². The molecule has 1 N–H and O–H groups in total. The Morgan fingerprint density at radius 1 is 1.31 bits per heavy atom. The molecular formula is C11H13BrO. The minimum atomic E-state index is 0.270. The average molecular weight is 241 g/mol. The number of benzene rings is 1. The van der Waals surface area contributed by atoms with E-state index < -0.39 is 0 Å². The fourth-order valence-corrected chi connectivity index (χ4v) is 1.42. The van der Waals surface area contributed by atoms with Gasteiger partial charge in [0.15, 0.2) is 0 Å². The van der Waals surface area contributed by atoms with Crippen LogP contribution in [0.3, 0.4) is 0 Å². The quantitative estimate of drug-likeness (QED) is 0.806. The first kappa shape index (κ1) is 12.2. The van der Waals surface area contributed by atoms with Crippen LogP contribution in [0.4, 0.5) is 0 Å². The van der Waals surface area contributed by atoms with Crippen LogP contribution in [0.2, 0.25) is 0 Å². The summed E-state index contributed by atoms with van der Waals surface area (Å²) in [7, 11) is 0. The molecule has 70 valence electrons. The monoisotopic (exact) mass is 240 g/mol. The molecule has 0 spiro atoms. The Hall–Kier alpha value is -0.780. The Kier molecular flexibility index (Phi) is 7.38. The van der Waals surface area contributed by atoms with Crippen molar-refractivity contribution in [1.29, 1.82) is 0 Å². The third kappa shape index (κ3) is 5.46. The maximum absolute atomic E-state index is 8.59. The van der Waals surface area contributed by atoms with Gasteiger partial charge in [0, 0.05) is 11.1 Å². The Balaban J connectivity index is 0.000000671. The molecule has 1 aromatic carbocycles. The summed E-state index contributed by atoms with van der Waals surface area (Å²) >= 11 is 3.39. The number of hydrogen-bond donors (Lipinski definition) is 1. The van der Waals surface area contributed by atoms with Gasteiger partial charge in [-0.05, 0) is 30.5 Å². The number of halogens is 1. The van der Waals surface area contributed by atoms with E-state index in [4.69, 9.17) is 5.11 Å². The van der Waals surface area contributed by atoms with Gasteiger partial charge >= 0.3 is 0 Å². The summed E-state index contributed by atoms with van der Waals surface area (Å²) in [6.07, 6.45) is 9.80. The van der Waals surface area contributed by atoms with Crippen LogP contribution in [0.5, 0.6) is 0 Å². The van der Waals surface area contributed by atoms with Gasteiger partial charge in [0.2, 0.25) is 0 Å². The molecule has 0 unspecified atom stereocenters. The Bertz CT molecular complexity index is 255. The molecule has 0 aliphatic rings. The van der Waals surface area contributed by atoms with E-state index in [0.29, 0.717) is 0 Å². The minimum Gasteiger partial charge on any atom is -0.396 e. The highest BCUT2D eigenvalue weighted by Gasteiger charge is 1.92. The molecule has 0 aromatic heterocycles. The molecule has 0 fully saturated rings. The lowest BCUT2D eigenvalue weighted by atomic mass is 10.1. The smallest absolute Gasteiger partial charge is 0.0434 e. The van der Waals surface area contributed by atoms with Crippen molar-refractivity contribution in [2.45, 2.75) is 12.8 Å². The van der Waals surface area contributed by atoms with Crippen LogP contribution >= 0.6 is 15.9 Å². The summed E-state index contributed by atoms with van der Waals surface area (Å²) in [6, 6.07) is 8.16. The molecule has 0 amide bonds. The second kappa shape index (κ2) is 7.85. The summed E-state index contributed by atoms with van der Waals surface area (Å²) < 4.78 is 1.10. The summed E-state index contributed by atoms with van der Waals surface area (Å²) in [5.41, 5.74) is 1.27. The zero-order valence-corrected chi connectivity index (χ0v) is 9.00. The second-order valence-corrected chi connectivity index (χ2v) is 3.37. The number of aliphatic hydroxyl groups is 1. The van der Waals surface area contributed by atoms with Gasteiger partial charge in [-0.3, -0.25) is 0 Å². The van der Waals surface area contributed by atoms with Gasteiger partial charge in [0.05, 0.1) is 0 Å². The molecule has 0 aliphatic heterocycles. The fraction of sp³-hybridized carbons (Fsp3) is 0.273. The van der Waals surface area contributed by atoms with Gasteiger partial charge in [-0.2, -0.15) is 0 Å². The molecule has 13 heavy (non-hydrogen) atoms. The van der Waals surface area contributed by atoms with Crippen LogP contribution in [-0.2, 0) is 6.42 Å². The van der Waals surface area contributed by atoms with Crippen molar-refractivity contribution in [2.24, 2.45) is 0 Å². The molecule has 0 aliphatic carbocycles. The first-order valence-corrected chi connectivity index (χ1v) is 4.81. The van der Waals surface area contributed by atoms with Crippen molar-refractivity contribution >= 4 is 15.9 Å². The van der Waals surface area contributed by atoms with Crippen LogP contribution < -0.4 is 0 Å². The topological polar surface area (TPSA) is 20.2 Å². The Morgan fingerprint density at radius 2 is 2.00 bits per heavy atom. The third-order valence-electron chi connectivity index (χ3n) is 1.51. The SMILES string of the molecule is C#C.OCCCc1cccc(Br)c1. The average Bonchev–Trinajstić information content (AvgIpc) is 2.18. The maximum atomic E-state index is 8.59.